The van der Waals surface area contributed by atoms with Crippen LogP contribution in [0.4, 0.5) is 4.79 Å². The van der Waals surface area contributed by atoms with Gasteiger partial charge in [-0.1, -0.05) is 6.07 Å². The Bertz CT molecular complexity index is 679. The van der Waals surface area contributed by atoms with Crippen LogP contribution in [0, 0.1) is 0 Å². The molecule has 1 saturated carbocycles. The van der Waals surface area contributed by atoms with Gasteiger partial charge in [0.1, 0.15) is 6.61 Å². The summed E-state index contributed by atoms with van der Waals surface area (Å²) in [5.74, 6) is 0.494. The summed E-state index contributed by atoms with van der Waals surface area (Å²) in [6.07, 6.45) is 3.63. The first-order valence-electron chi connectivity index (χ1n) is 6.99. The summed E-state index contributed by atoms with van der Waals surface area (Å²) in [7, 11) is 0. The lowest BCUT2D eigenvalue weighted by Crippen LogP contribution is -2.28. The molecule has 1 aromatic carbocycles. The van der Waals surface area contributed by atoms with Crippen LogP contribution in [0.3, 0.4) is 0 Å². The Morgan fingerprint density at radius 2 is 2.25 bits per heavy atom. The maximum absolute atomic E-state index is 11.1. The van der Waals surface area contributed by atoms with Crippen molar-refractivity contribution in [3.63, 3.8) is 0 Å². The molecule has 0 spiro atoms. The van der Waals surface area contributed by atoms with Crippen LogP contribution >= 0.6 is 0 Å². The number of nitrogens with one attached hydrogen (secondary N) is 2. The minimum Gasteiger partial charge on any atom is -0.447 e. The first kappa shape index (κ1) is 11.8. The lowest BCUT2D eigenvalue weighted by Gasteiger charge is -2.07. The number of benzene rings is 1. The van der Waals surface area contributed by atoms with E-state index in [-0.39, 0.29) is 12.1 Å². The fraction of sp³-hybridized carbons (Fsp3) is 0.400. The number of H-pyrrole nitrogens is 1. The van der Waals surface area contributed by atoms with Crippen LogP contribution in [-0.4, -0.2) is 29.8 Å². The molecule has 1 unspecified atom stereocenters. The lowest BCUT2D eigenvalue weighted by molar-refractivity contribution is 0.177. The van der Waals surface area contributed by atoms with E-state index in [1.54, 1.807) is 0 Å². The number of alkyl carbamates (subject to hydrolysis) is 1. The SMILES string of the molecule is N[C@H]1C[C@H]1c1c[nH]c2ccc(CC3COC(=O)N3)cc12. The van der Waals surface area contributed by atoms with E-state index in [0.29, 0.717) is 18.6 Å². The molecule has 1 aliphatic heterocycles. The molecule has 5 heteroatoms. The van der Waals surface area contributed by atoms with Crippen molar-refractivity contribution < 1.29 is 9.53 Å². The van der Waals surface area contributed by atoms with Crippen molar-refractivity contribution in [2.24, 2.45) is 5.73 Å². The number of ether oxygens (including phenoxy) is 1. The van der Waals surface area contributed by atoms with E-state index in [2.05, 4.69) is 34.7 Å². The van der Waals surface area contributed by atoms with Crippen molar-refractivity contribution in [3.05, 3.63) is 35.5 Å². The molecule has 3 atom stereocenters. The highest BCUT2D eigenvalue weighted by molar-refractivity contribution is 5.85. The zero-order valence-electron chi connectivity index (χ0n) is 11.1. The molecule has 4 N–H and O–H groups in total. The standard InChI is InChI=1S/C15H17N3O2/c16-13-5-10(13)12-6-17-14-2-1-8(4-11(12)14)3-9-7-20-15(19)18-9/h1-2,4,6,9-10,13,17H,3,5,7,16H2,(H,18,19)/t9?,10-,13-/m0/s1. The summed E-state index contributed by atoms with van der Waals surface area (Å²) in [6, 6.07) is 6.78. The number of rotatable bonds is 3. The van der Waals surface area contributed by atoms with Crippen molar-refractivity contribution in [2.45, 2.75) is 30.8 Å². The highest BCUT2D eigenvalue weighted by atomic mass is 16.6. The van der Waals surface area contributed by atoms with Crippen molar-refractivity contribution in [1.29, 1.82) is 0 Å². The highest BCUT2D eigenvalue weighted by Crippen LogP contribution is 2.42. The number of carbonyl (C=O) groups excluding carboxylic acids is 1. The second-order valence-corrected chi connectivity index (χ2v) is 5.77. The molecule has 1 aliphatic carbocycles. The van der Waals surface area contributed by atoms with Crippen molar-refractivity contribution in [1.82, 2.24) is 10.3 Å². The van der Waals surface area contributed by atoms with Gasteiger partial charge in [0, 0.05) is 29.1 Å². The van der Waals surface area contributed by atoms with Gasteiger partial charge in [0.2, 0.25) is 0 Å². The quantitative estimate of drug-likeness (QED) is 0.793. The fourth-order valence-electron chi connectivity index (χ4n) is 3.02. The number of hydrogen-bond acceptors (Lipinski definition) is 3. The Balaban J connectivity index is 1.62. The zero-order valence-corrected chi connectivity index (χ0v) is 11.1. The van der Waals surface area contributed by atoms with Crippen molar-refractivity contribution >= 4 is 17.0 Å². The summed E-state index contributed by atoms with van der Waals surface area (Å²) >= 11 is 0. The molecule has 1 amide bonds. The topological polar surface area (TPSA) is 80.1 Å². The third-order valence-electron chi connectivity index (χ3n) is 4.24. The first-order valence-corrected chi connectivity index (χ1v) is 6.99. The van der Waals surface area contributed by atoms with Gasteiger partial charge in [0.05, 0.1) is 6.04 Å². The molecule has 0 bridgehead atoms. The minimum absolute atomic E-state index is 0.0746. The number of carbonyl (C=O) groups is 1. The van der Waals surface area contributed by atoms with Gasteiger partial charge in [-0.15, -0.1) is 0 Å². The molecular weight excluding hydrogens is 254 g/mol. The molecule has 1 saturated heterocycles. The second-order valence-electron chi connectivity index (χ2n) is 5.77. The molecule has 4 rings (SSSR count). The summed E-state index contributed by atoms with van der Waals surface area (Å²) in [5.41, 5.74) is 9.64. The van der Waals surface area contributed by atoms with Crippen LogP contribution in [0.5, 0.6) is 0 Å². The molecule has 0 radical (unpaired) electrons. The van der Waals surface area contributed by atoms with E-state index in [4.69, 9.17) is 10.5 Å². The second kappa shape index (κ2) is 4.24. The Morgan fingerprint density at radius 1 is 1.40 bits per heavy atom. The van der Waals surface area contributed by atoms with Crippen LogP contribution in [0.2, 0.25) is 0 Å². The van der Waals surface area contributed by atoms with Gasteiger partial charge >= 0.3 is 6.09 Å². The summed E-state index contributed by atoms with van der Waals surface area (Å²) in [5, 5.41) is 4.07. The molecule has 2 fully saturated rings. The van der Waals surface area contributed by atoms with Gasteiger partial charge in [-0.05, 0) is 36.1 Å². The van der Waals surface area contributed by atoms with Gasteiger partial charge < -0.3 is 20.8 Å². The Hall–Kier alpha value is -2.01. The molecular formula is C15H17N3O2. The molecule has 2 aromatic rings. The molecule has 5 nitrogen and oxygen atoms in total. The lowest BCUT2D eigenvalue weighted by atomic mass is 10.0. The summed E-state index contributed by atoms with van der Waals surface area (Å²) in [4.78, 5) is 14.4. The van der Waals surface area contributed by atoms with Crippen LogP contribution in [0.15, 0.2) is 24.4 Å². The summed E-state index contributed by atoms with van der Waals surface area (Å²) < 4.78 is 4.92. The Morgan fingerprint density at radius 3 is 2.95 bits per heavy atom. The third-order valence-corrected chi connectivity index (χ3v) is 4.24. The number of aromatic nitrogens is 1. The number of fused-ring (bicyclic) bond motifs is 1. The van der Waals surface area contributed by atoms with E-state index >= 15 is 0 Å². The molecule has 20 heavy (non-hydrogen) atoms. The zero-order chi connectivity index (χ0) is 13.7. The largest absolute Gasteiger partial charge is 0.447 e. The van der Waals surface area contributed by atoms with E-state index in [9.17, 15) is 4.79 Å². The van der Waals surface area contributed by atoms with E-state index in [0.717, 1.165) is 18.4 Å². The van der Waals surface area contributed by atoms with Gasteiger partial charge in [0.15, 0.2) is 0 Å². The Labute approximate surface area is 116 Å². The first-order chi connectivity index (χ1) is 9.70. The number of amides is 1. The smallest absolute Gasteiger partial charge is 0.407 e. The molecule has 1 aromatic heterocycles. The minimum atomic E-state index is -0.317. The predicted octanol–water partition coefficient (Wildman–Crippen LogP) is 1.63. The highest BCUT2D eigenvalue weighted by Gasteiger charge is 2.36. The van der Waals surface area contributed by atoms with Crippen LogP contribution in [0.25, 0.3) is 10.9 Å². The number of aromatic amines is 1. The van der Waals surface area contributed by atoms with Crippen molar-refractivity contribution in [2.75, 3.05) is 6.61 Å². The van der Waals surface area contributed by atoms with Crippen molar-refractivity contribution in [3.8, 4) is 0 Å². The van der Waals surface area contributed by atoms with Gasteiger partial charge in [-0.3, -0.25) is 0 Å². The van der Waals surface area contributed by atoms with Crippen LogP contribution in [0.1, 0.15) is 23.5 Å². The fourth-order valence-corrected chi connectivity index (χ4v) is 3.02. The normalized spacial score (nSPS) is 28.4. The number of cyclic esters (lactones) is 1. The Kier molecular flexibility index (Phi) is 2.50. The third kappa shape index (κ3) is 1.94. The molecule has 104 valence electrons. The molecule has 2 aliphatic rings. The monoisotopic (exact) mass is 271 g/mol. The molecule has 2 heterocycles. The average Bonchev–Trinajstić information content (AvgIpc) is 2.85. The van der Waals surface area contributed by atoms with Gasteiger partial charge in [0.25, 0.3) is 0 Å². The number of hydrogen-bond donors (Lipinski definition) is 3. The summed E-state index contributed by atoms with van der Waals surface area (Å²) in [6.45, 7) is 0.449. The van der Waals surface area contributed by atoms with Crippen LogP contribution in [-0.2, 0) is 11.2 Å². The van der Waals surface area contributed by atoms with E-state index < -0.39 is 0 Å². The maximum atomic E-state index is 11.1. The maximum Gasteiger partial charge on any atom is 0.407 e. The predicted molar refractivity (Wildman–Crippen MR) is 75.6 cm³/mol. The number of nitrogens with two attached hydrogens (primary N) is 1. The van der Waals surface area contributed by atoms with Crippen LogP contribution < -0.4 is 11.1 Å². The van der Waals surface area contributed by atoms with Gasteiger partial charge in [-0.2, -0.15) is 0 Å². The van der Waals surface area contributed by atoms with Gasteiger partial charge in [-0.25, -0.2) is 4.79 Å². The average molecular weight is 271 g/mol. The van der Waals surface area contributed by atoms with E-state index in [1.807, 2.05) is 0 Å². The van der Waals surface area contributed by atoms with E-state index in [1.165, 1.54) is 16.5 Å².